The molecule has 0 unspecified atom stereocenters. The van der Waals surface area contributed by atoms with E-state index >= 15 is 0 Å². The van der Waals surface area contributed by atoms with Gasteiger partial charge >= 0.3 is 31.5 Å². The van der Waals surface area contributed by atoms with E-state index in [9.17, 15) is 0 Å². The van der Waals surface area contributed by atoms with E-state index in [1.165, 1.54) is 32.1 Å². The summed E-state index contributed by atoms with van der Waals surface area (Å²) in [6.07, 6.45) is 7.50. The van der Waals surface area contributed by atoms with E-state index < -0.39 is 10.4 Å². The standard InChI is InChI=1S/C9H17N.H2O4S.Pt/c1-2-9(8-10)6-4-3-5-7-9;1-5(2,3)4;/h10H,1-8H2;(H2,1,2,3,4);/q-2;;+2. The molecule has 16 heavy (non-hydrogen) atoms. The smallest absolute Gasteiger partial charge is 0.677 e. The van der Waals surface area contributed by atoms with Crippen LogP contribution in [-0.4, -0.2) is 24.1 Å². The van der Waals surface area contributed by atoms with E-state index in [4.69, 9.17) is 23.3 Å². The van der Waals surface area contributed by atoms with Gasteiger partial charge in [0.05, 0.1) is 0 Å². The molecular weight excluding hydrogens is 413 g/mol. The van der Waals surface area contributed by atoms with Gasteiger partial charge in [-0.05, 0) is 0 Å². The largest absolute Gasteiger partial charge is 2.00 e. The molecule has 1 saturated carbocycles. The van der Waals surface area contributed by atoms with Crippen molar-refractivity contribution < 1.29 is 38.6 Å². The van der Waals surface area contributed by atoms with Crippen molar-refractivity contribution >= 4 is 10.4 Å². The number of hydrogen-bond donors (Lipinski definition) is 2. The Labute approximate surface area is 112 Å². The van der Waals surface area contributed by atoms with Crippen molar-refractivity contribution in [1.82, 2.24) is 0 Å². The molecule has 7 heteroatoms. The molecule has 0 saturated heterocycles. The third-order valence-electron chi connectivity index (χ3n) is 2.82. The quantitative estimate of drug-likeness (QED) is 0.518. The van der Waals surface area contributed by atoms with Gasteiger partial charge in [-0.15, -0.1) is 6.54 Å². The van der Waals surface area contributed by atoms with E-state index in [-0.39, 0.29) is 21.1 Å². The average Bonchev–Trinajstić information content (AvgIpc) is 2.16. The predicted octanol–water partition coefficient (Wildman–Crippen LogP) is 2.56. The van der Waals surface area contributed by atoms with E-state index in [0.29, 0.717) is 12.0 Å². The summed E-state index contributed by atoms with van der Waals surface area (Å²) in [5.74, 6) is 0. The van der Waals surface area contributed by atoms with Gasteiger partial charge in [-0.25, -0.2) is 0 Å². The Hall–Kier alpha value is 0.518. The summed E-state index contributed by atoms with van der Waals surface area (Å²) in [4.78, 5) is 0. The SMILES string of the molecule is O=S(=O)(O)O.[CH2-]CC1(C[NH-])CCCCC1.[Pt+2]. The van der Waals surface area contributed by atoms with Crippen LogP contribution in [-0.2, 0) is 31.5 Å². The third kappa shape index (κ3) is 9.72. The van der Waals surface area contributed by atoms with Crippen molar-refractivity contribution in [3.63, 3.8) is 0 Å². The van der Waals surface area contributed by atoms with Gasteiger partial charge in [0.25, 0.3) is 0 Å². The third-order valence-corrected chi connectivity index (χ3v) is 2.82. The molecule has 0 bridgehead atoms. The zero-order chi connectivity index (χ0) is 11.9. The first-order valence-electron chi connectivity index (χ1n) is 4.97. The average molecular weight is 432 g/mol. The van der Waals surface area contributed by atoms with Crippen molar-refractivity contribution in [1.29, 1.82) is 0 Å². The zero-order valence-electron chi connectivity index (χ0n) is 9.09. The normalized spacial score (nSPS) is 19.0. The van der Waals surface area contributed by atoms with Crippen molar-refractivity contribution in [2.24, 2.45) is 5.41 Å². The van der Waals surface area contributed by atoms with Crippen LogP contribution in [0, 0.1) is 12.3 Å². The molecule has 0 aromatic carbocycles. The fraction of sp³-hybridized carbons (Fsp3) is 0.889. The van der Waals surface area contributed by atoms with Crippen LogP contribution in [0.4, 0.5) is 0 Å². The molecule has 1 rings (SSSR count). The summed E-state index contributed by atoms with van der Waals surface area (Å²) < 4.78 is 31.6. The van der Waals surface area contributed by atoms with Crippen LogP contribution in [0.5, 0.6) is 0 Å². The van der Waals surface area contributed by atoms with Gasteiger partial charge in [-0.3, -0.25) is 9.11 Å². The van der Waals surface area contributed by atoms with Crippen LogP contribution in [0.25, 0.3) is 5.73 Å². The maximum atomic E-state index is 8.74. The molecule has 0 atom stereocenters. The maximum Gasteiger partial charge on any atom is 2.00 e. The fourth-order valence-corrected chi connectivity index (χ4v) is 1.82. The second-order valence-corrected chi connectivity index (χ2v) is 4.83. The minimum atomic E-state index is -4.67. The molecule has 3 N–H and O–H groups in total. The molecule has 5 nitrogen and oxygen atoms in total. The molecule has 100 valence electrons. The summed E-state index contributed by atoms with van der Waals surface area (Å²) in [5, 5.41) is 0. The minimum absolute atomic E-state index is 0. The number of hydrogen-bond acceptors (Lipinski definition) is 2. The number of rotatable bonds is 2. The molecule has 0 aromatic heterocycles. The zero-order valence-corrected chi connectivity index (χ0v) is 12.2. The summed E-state index contributed by atoms with van der Waals surface area (Å²) in [7, 11) is -4.67. The second-order valence-electron chi connectivity index (χ2n) is 3.94. The van der Waals surface area contributed by atoms with Gasteiger partial charge < -0.3 is 12.7 Å². The molecule has 0 heterocycles. The van der Waals surface area contributed by atoms with Crippen LogP contribution in [0.15, 0.2) is 0 Å². The maximum absolute atomic E-state index is 8.74. The Morgan fingerprint density at radius 1 is 1.19 bits per heavy atom. The van der Waals surface area contributed by atoms with Crippen LogP contribution >= 0.6 is 0 Å². The van der Waals surface area contributed by atoms with Crippen molar-refractivity contribution in [3.05, 3.63) is 12.7 Å². The molecular formula is C9H19NO4PtS. The van der Waals surface area contributed by atoms with E-state index in [1.807, 2.05) is 0 Å². The molecule has 0 amide bonds. The summed E-state index contributed by atoms with van der Waals surface area (Å²) in [6.45, 7) is 4.53. The Balaban J connectivity index is 0. The van der Waals surface area contributed by atoms with Crippen LogP contribution < -0.4 is 0 Å². The summed E-state index contributed by atoms with van der Waals surface area (Å²) in [6, 6.07) is 0. The molecule has 1 fully saturated rings. The summed E-state index contributed by atoms with van der Waals surface area (Å²) >= 11 is 0. The fourth-order valence-electron chi connectivity index (χ4n) is 1.82. The first-order valence-corrected chi connectivity index (χ1v) is 6.36. The molecule has 0 spiro atoms. The van der Waals surface area contributed by atoms with Crippen molar-refractivity contribution in [2.45, 2.75) is 38.5 Å². The van der Waals surface area contributed by atoms with Crippen LogP contribution in [0.1, 0.15) is 38.5 Å². The Bertz CT molecular complexity index is 249. The van der Waals surface area contributed by atoms with E-state index in [2.05, 4.69) is 6.92 Å². The monoisotopic (exact) mass is 432 g/mol. The van der Waals surface area contributed by atoms with Crippen molar-refractivity contribution in [2.75, 3.05) is 6.54 Å². The van der Waals surface area contributed by atoms with Gasteiger partial charge in [0.15, 0.2) is 0 Å². The van der Waals surface area contributed by atoms with Crippen LogP contribution in [0.3, 0.4) is 0 Å². The molecule has 0 aromatic rings. The van der Waals surface area contributed by atoms with E-state index in [0.717, 1.165) is 6.42 Å². The first-order chi connectivity index (χ1) is 6.83. The minimum Gasteiger partial charge on any atom is -0.677 e. The van der Waals surface area contributed by atoms with Gasteiger partial charge in [0.1, 0.15) is 0 Å². The van der Waals surface area contributed by atoms with E-state index in [1.54, 1.807) is 0 Å². The topological polar surface area (TPSA) is 98.4 Å². The molecule has 0 aliphatic heterocycles. The second kappa shape index (κ2) is 8.59. The first kappa shape index (κ1) is 18.9. The van der Waals surface area contributed by atoms with Gasteiger partial charge in [0, 0.05) is 0 Å². The van der Waals surface area contributed by atoms with Gasteiger partial charge in [-0.2, -0.15) is 14.8 Å². The van der Waals surface area contributed by atoms with Gasteiger partial charge in [0.2, 0.25) is 0 Å². The Kier molecular flexibility index (Phi) is 10.1. The molecule has 0 radical (unpaired) electrons. The van der Waals surface area contributed by atoms with Crippen molar-refractivity contribution in [3.8, 4) is 0 Å². The van der Waals surface area contributed by atoms with Crippen LogP contribution in [0.2, 0.25) is 0 Å². The van der Waals surface area contributed by atoms with Gasteiger partial charge in [-0.1, -0.05) is 37.5 Å². The number of nitrogens with one attached hydrogen (secondary N) is 1. The predicted molar refractivity (Wildman–Crippen MR) is 58.9 cm³/mol. The molecule has 1 aliphatic carbocycles. The Morgan fingerprint density at radius 2 is 1.56 bits per heavy atom. The summed E-state index contributed by atoms with van der Waals surface area (Å²) in [5.41, 5.74) is 7.72. The Morgan fingerprint density at radius 3 is 1.75 bits per heavy atom. The molecule has 1 aliphatic rings.